The maximum atomic E-state index is 5.89. The van der Waals surface area contributed by atoms with Gasteiger partial charge >= 0.3 is 0 Å². The van der Waals surface area contributed by atoms with Crippen LogP contribution in [0.2, 0.25) is 0 Å². The van der Waals surface area contributed by atoms with Gasteiger partial charge in [-0.3, -0.25) is 4.90 Å². The van der Waals surface area contributed by atoms with Crippen LogP contribution in [0.4, 0.5) is 5.69 Å². The lowest BCUT2D eigenvalue weighted by Crippen LogP contribution is -2.26. The molecule has 1 aromatic carbocycles. The number of hydrogen-bond donors (Lipinski definition) is 1. The van der Waals surface area contributed by atoms with Crippen LogP contribution in [0.5, 0.6) is 0 Å². The molecule has 1 saturated heterocycles. The summed E-state index contributed by atoms with van der Waals surface area (Å²) in [5.41, 5.74) is 8.14. The minimum Gasteiger partial charge on any atom is -0.439 e. The standard InChI is InChI=1S/C14H19N3O/c1-9-6-10(2)17(7-9)8-13-16-14-11(15)4-3-5-12(14)18-13/h3-5,9-10H,6-8,15H2,1-2H3. The van der Waals surface area contributed by atoms with Gasteiger partial charge in [0.15, 0.2) is 5.58 Å². The Balaban J connectivity index is 1.85. The zero-order valence-corrected chi connectivity index (χ0v) is 10.9. The Morgan fingerprint density at radius 2 is 2.28 bits per heavy atom. The monoisotopic (exact) mass is 245 g/mol. The van der Waals surface area contributed by atoms with Crippen molar-refractivity contribution in [1.82, 2.24) is 9.88 Å². The quantitative estimate of drug-likeness (QED) is 0.826. The maximum absolute atomic E-state index is 5.89. The molecule has 1 aliphatic rings. The number of rotatable bonds is 2. The molecule has 96 valence electrons. The predicted molar refractivity (Wildman–Crippen MR) is 72.1 cm³/mol. The van der Waals surface area contributed by atoms with Gasteiger partial charge in [0.2, 0.25) is 5.89 Å². The molecule has 2 aromatic rings. The zero-order chi connectivity index (χ0) is 12.7. The van der Waals surface area contributed by atoms with Gasteiger partial charge in [0, 0.05) is 12.6 Å². The molecular weight excluding hydrogens is 226 g/mol. The average Bonchev–Trinajstić information content (AvgIpc) is 2.84. The van der Waals surface area contributed by atoms with Crippen molar-refractivity contribution in [2.24, 2.45) is 5.92 Å². The van der Waals surface area contributed by atoms with E-state index < -0.39 is 0 Å². The highest BCUT2D eigenvalue weighted by atomic mass is 16.3. The first-order valence-corrected chi connectivity index (χ1v) is 6.51. The van der Waals surface area contributed by atoms with Crippen LogP contribution in [0, 0.1) is 5.92 Å². The largest absolute Gasteiger partial charge is 0.439 e. The summed E-state index contributed by atoms with van der Waals surface area (Å²) in [5, 5.41) is 0. The van der Waals surface area contributed by atoms with Crippen LogP contribution in [0.1, 0.15) is 26.2 Å². The van der Waals surface area contributed by atoms with E-state index in [0.717, 1.165) is 36.0 Å². The van der Waals surface area contributed by atoms with E-state index in [1.807, 2.05) is 18.2 Å². The second-order valence-corrected chi connectivity index (χ2v) is 5.42. The summed E-state index contributed by atoms with van der Waals surface area (Å²) in [7, 11) is 0. The SMILES string of the molecule is CC1CC(C)N(Cc2nc3c(N)cccc3o2)C1. The first kappa shape index (κ1) is 11.5. The minimum absolute atomic E-state index is 0.604. The van der Waals surface area contributed by atoms with Gasteiger partial charge in [0.25, 0.3) is 0 Å². The van der Waals surface area contributed by atoms with Crippen molar-refractivity contribution in [3.63, 3.8) is 0 Å². The highest BCUT2D eigenvalue weighted by Crippen LogP contribution is 2.26. The highest BCUT2D eigenvalue weighted by molar-refractivity contribution is 5.85. The van der Waals surface area contributed by atoms with Crippen LogP contribution in [-0.2, 0) is 6.54 Å². The Labute approximate surface area is 107 Å². The Morgan fingerprint density at radius 3 is 2.94 bits per heavy atom. The molecule has 4 nitrogen and oxygen atoms in total. The van der Waals surface area contributed by atoms with Crippen molar-refractivity contribution >= 4 is 16.8 Å². The summed E-state index contributed by atoms with van der Waals surface area (Å²) in [4.78, 5) is 6.92. The van der Waals surface area contributed by atoms with Crippen molar-refractivity contribution in [2.75, 3.05) is 12.3 Å². The number of nitrogen functional groups attached to an aromatic ring is 1. The Hall–Kier alpha value is -1.55. The number of anilines is 1. The van der Waals surface area contributed by atoms with E-state index in [1.165, 1.54) is 6.42 Å². The van der Waals surface area contributed by atoms with Crippen molar-refractivity contribution in [3.05, 3.63) is 24.1 Å². The Kier molecular flexibility index (Phi) is 2.74. The third-order valence-corrected chi connectivity index (χ3v) is 3.75. The van der Waals surface area contributed by atoms with Crippen LogP contribution in [0.3, 0.4) is 0 Å². The van der Waals surface area contributed by atoms with Gasteiger partial charge in [-0.1, -0.05) is 13.0 Å². The molecule has 0 bridgehead atoms. The van der Waals surface area contributed by atoms with Crippen LogP contribution in [-0.4, -0.2) is 22.5 Å². The fourth-order valence-corrected chi connectivity index (χ4v) is 2.86. The molecular formula is C14H19N3O. The van der Waals surface area contributed by atoms with Gasteiger partial charge in [-0.15, -0.1) is 0 Å². The molecule has 18 heavy (non-hydrogen) atoms. The Bertz CT molecular complexity index is 563. The number of nitrogens with two attached hydrogens (primary N) is 1. The second kappa shape index (κ2) is 4.28. The number of likely N-dealkylation sites (tertiary alicyclic amines) is 1. The van der Waals surface area contributed by atoms with Gasteiger partial charge in [-0.2, -0.15) is 0 Å². The fraction of sp³-hybridized carbons (Fsp3) is 0.500. The van der Waals surface area contributed by atoms with Crippen LogP contribution < -0.4 is 5.73 Å². The smallest absolute Gasteiger partial charge is 0.209 e. The van der Waals surface area contributed by atoms with Crippen molar-refractivity contribution in [2.45, 2.75) is 32.9 Å². The molecule has 1 fully saturated rings. The molecule has 0 aliphatic carbocycles. The van der Waals surface area contributed by atoms with Gasteiger partial charge in [-0.05, 0) is 31.4 Å². The number of benzene rings is 1. The molecule has 2 atom stereocenters. The lowest BCUT2D eigenvalue weighted by molar-refractivity contribution is 0.233. The number of nitrogens with zero attached hydrogens (tertiary/aromatic N) is 2. The number of fused-ring (bicyclic) bond motifs is 1. The number of aromatic nitrogens is 1. The van der Waals surface area contributed by atoms with Gasteiger partial charge in [-0.25, -0.2) is 4.98 Å². The first-order valence-electron chi connectivity index (χ1n) is 6.51. The van der Waals surface area contributed by atoms with Crippen LogP contribution in [0.25, 0.3) is 11.1 Å². The molecule has 3 rings (SSSR count). The Morgan fingerprint density at radius 1 is 1.44 bits per heavy atom. The van der Waals surface area contributed by atoms with E-state index in [2.05, 4.69) is 23.7 Å². The molecule has 2 N–H and O–H groups in total. The van der Waals surface area contributed by atoms with E-state index in [1.54, 1.807) is 0 Å². The molecule has 4 heteroatoms. The highest BCUT2D eigenvalue weighted by Gasteiger charge is 2.27. The van der Waals surface area contributed by atoms with Crippen LogP contribution >= 0.6 is 0 Å². The molecule has 1 aliphatic heterocycles. The predicted octanol–water partition coefficient (Wildman–Crippen LogP) is 2.64. The number of oxazole rings is 1. The minimum atomic E-state index is 0.604. The van der Waals surface area contributed by atoms with Crippen molar-refractivity contribution in [3.8, 4) is 0 Å². The first-order chi connectivity index (χ1) is 8.63. The van der Waals surface area contributed by atoms with E-state index >= 15 is 0 Å². The fourth-order valence-electron chi connectivity index (χ4n) is 2.86. The summed E-state index contributed by atoms with van der Waals surface area (Å²) in [5.74, 6) is 1.53. The topological polar surface area (TPSA) is 55.3 Å². The number of para-hydroxylation sites is 1. The average molecular weight is 245 g/mol. The molecule has 0 amide bonds. The molecule has 0 spiro atoms. The molecule has 2 heterocycles. The summed E-state index contributed by atoms with van der Waals surface area (Å²) in [6.45, 7) is 6.45. The summed E-state index contributed by atoms with van der Waals surface area (Å²) in [6.07, 6.45) is 1.25. The van der Waals surface area contributed by atoms with Gasteiger partial charge < -0.3 is 10.2 Å². The zero-order valence-electron chi connectivity index (χ0n) is 10.9. The maximum Gasteiger partial charge on any atom is 0.209 e. The summed E-state index contributed by atoms with van der Waals surface area (Å²) in [6, 6.07) is 6.27. The van der Waals surface area contributed by atoms with E-state index in [0.29, 0.717) is 11.7 Å². The van der Waals surface area contributed by atoms with Crippen LogP contribution in [0.15, 0.2) is 22.6 Å². The number of hydrogen-bond acceptors (Lipinski definition) is 4. The third kappa shape index (κ3) is 1.97. The van der Waals surface area contributed by atoms with E-state index in [9.17, 15) is 0 Å². The van der Waals surface area contributed by atoms with E-state index in [4.69, 9.17) is 10.2 Å². The lowest BCUT2D eigenvalue weighted by Gasteiger charge is -2.18. The molecule has 1 aromatic heterocycles. The molecule has 2 unspecified atom stereocenters. The van der Waals surface area contributed by atoms with E-state index in [-0.39, 0.29) is 0 Å². The second-order valence-electron chi connectivity index (χ2n) is 5.42. The third-order valence-electron chi connectivity index (χ3n) is 3.75. The molecule has 0 saturated carbocycles. The van der Waals surface area contributed by atoms with Gasteiger partial charge in [0.1, 0.15) is 5.52 Å². The summed E-state index contributed by atoms with van der Waals surface area (Å²) >= 11 is 0. The molecule has 0 radical (unpaired) electrons. The van der Waals surface area contributed by atoms with Gasteiger partial charge in [0.05, 0.1) is 12.2 Å². The van der Waals surface area contributed by atoms with Crippen molar-refractivity contribution in [1.29, 1.82) is 0 Å². The normalized spacial score (nSPS) is 25.0. The van der Waals surface area contributed by atoms with Crippen molar-refractivity contribution < 1.29 is 4.42 Å². The lowest BCUT2D eigenvalue weighted by atomic mass is 10.1. The summed E-state index contributed by atoms with van der Waals surface area (Å²) < 4.78 is 5.76.